The van der Waals surface area contributed by atoms with E-state index >= 15 is 0 Å². The lowest BCUT2D eigenvalue weighted by atomic mass is 10.1. The van der Waals surface area contributed by atoms with Gasteiger partial charge in [-0.1, -0.05) is 46.3 Å². The highest BCUT2D eigenvalue weighted by molar-refractivity contribution is 9.10. The first-order valence-corrected chi connectivity index (χ1v) is 8.21. The number of thiophene rings is 1. The summed E-state index contributed by atoms with van der Waals surface area (Å²) in [6.45, 7) is 0.616. The third kappa shape index (κ3) is 3.52. The minimum absolute atomic E-state index is 0.238. The van der Waals surface area contributed by atoms with E-state index in [-0.39, 0.29) is 5.82 Å². The molecular weight excluding hydrogens is 349 g/mol. The van der Waals surface area contributed by atoms with Crippen LogP contribution in [0.2, 0.25) is 0 Å². The molecule has 0 aliphatic heterocycles. The van der Waals surface area contributed by atoms with E-state index in [9.17, 15) is 4.39 Å². The smallest absolute Gasteiger partial charge is 0.146 e. The summed E-state index contributed by atoms with van der Waals surface area (Å²) in [5.41, 5.74) is 2.92. The normalized spacial score (nSPS) is 10.6. The summed E-state index contributed by atoms with van der Waals surface area (Å²) in [6.07, 6.45) is 0. The van der Waals surface area contributed by atoms with Gasteiger partial charge in [-0.2, -0.15) is 0 Å². The second-order valence-corrected chi connectivity index (χ2v) is 6.56. The molecule has 0 fully saturated rings. The summed E-state index contributed by atoms with van der Waals surface area (Å²) in [5.74, 6) is -0.238. The van der Waals surface area contributed by atoms with E-state index in [1.807, 2.05) is 18.2 Å². The lowest BCUT2D eigenvalue weighted by Gasteiger charge is -2.06. The Balaban J connectivity index is 1.72. The number of benzene rings is 2. The zero-order chi connectivity index (χ0) is 14.7. The molecule has 0 bridgehead atoms. The zero-order valence-electron chi connectivity index (χ0n) is 11.1. The van der Waals surface area contributed by atoms with Crippen molar-refractivity contribution in [1.82, 2.24) is 0 Å². The lowest BCUT2D eigenvalue weighted by Crippen LogP contribution is -1.99. The van der Waals surface area contributed by atoms with E-state index in [0.717, 1.165) is 4.47 Å². The van der Waals surface area contributed by atoms with E-state index in [0.29, 0.717) is 12.2 Å². The van der Waals surface area contributed by atoms with Gasteiger partial charge in [0.1, 0.15) is 5.82 Å². The Kier molecular flexibility index (Phi) is 4.36. The van der Waals surface area contributed by atoms with E-state index in [4.69, 9.17) is 0 Å². The van der Waals surface area contributed by atoms with Gasteiger partial charge in [-0.15, -0.1) is 11.3 Å². The fraction of sp³-hybridized carbons (Fsp3) is 0.0588. The van der Waals surface area contributed by atoms with Gasteiger partial charge in [0.2, 0.25) is 0 Å². The average molecular weight is 362 g/mol. The molecule has 0 aliphatic rings. The van der Waals surface area contributed by atoms with Crippen LogP contribution in [-0.2, 0) is 6.54 Å². The van der Waals surface area contributed by atoms with Gasteiger partial charge in [0.25, 0.3) is 0 Å². The predicted octanol–water partition coefficient (Wildman–Crippen LogP) is 5.93. The lowest BCUT2D eigenvalue weighted by molar-refractivity contribution is 0.630. The molecule has 0 saturated carbocycles. The standard InChI is InChI=1S/C17H13BrFNS/c18-14-6-7-16(19)17(9-14)20-10-15-8-13(11-21-15)12-4-2-1-3-5-12/h1-9,11,20H,10H2. The Morgan fingerprint density at radius 3 is 2.62 bits per heavy atom. The SMILES string of the molecule is Fc1ccc(Br)cc1NCc1cc(-c2ccccc2)cs1. The first kappa shape index (κ1) is 14.3. The van der Waals surface area contributed by atoms with Crippen LogP contribution < -0.4 is 5.32 Å². The maximum atomic E-state index is 13.7. The molecule has 1 nitrogen and oxygen atoms in total. The van der Waals surface area contributed by atoms with Crippen LogP contribution in [0.5, 0.6) is 0 Å². The van der Waals surface area contributed by atoms with Crippen molar-refractivity contribution in [1.29, 1.82) is 0 Å². The minimum Gasteiger partial charge on any atom is -0.378 e. The second kappa shape index (κ2) is 6.41. The Labute approximate surface area is 135 Å². The first-order chi connectivity index (χ1) is 10.2. The van der Waals surface area contributed by atoms with Crippen molar-refractivity contribution in [3.63, 3.8) is 0 Å². The van der Waals surface area contributed by atoms with Gasteiger partial charge in [0.15, 0.2) is 0 Å². The molecule has 3 rings (SSSR count). The van der Waals surface area contributed by atoms with Gasteiger partial charge in [-0.05, 0) is 40.8 Å². The quantitative estimate of drug-likeness (QED) is 0.607. The van der Waals surface area contributed by atoms with Crippen LogP contribution in [0.1, 0.15) is 4.88 Å². The molecule has 0 atom stereocenters. The minimum atomic E-state index is -0.238. The highest BCUT2D eigenvalue weighted by Crippen LogP contribution is 2.27. The third-order valence-corrected chi connectivity index (χ3v) is 4.57. The zero-order valence-corrected chi connectivity index (χ0v) is 13.5. The van der Waals surface area contributed by atoms with Crippen LogP contribution in [0.3, 0.4) is 0 Å². The van der Waals surface area contributed by atoms with Gasteiger partial charge in [-0.25, -0.2) is 4.39 Å². The van der Waals surface area contributed by atoms with E-state index in [1.165, 1.54) is 22.1 Å². The van der Waals surface area contributed by atoms with Crippen LogP contribution in [0.15, 0.2) is 64.5 Å². The maximum Gasteiger partial charge on any atom is 0.146 e. The van der Waals surface area contributed by atoms with Crippen LogP contribution in [-0.4, -0.2) is 0 Å². The molecule has 1 heterocycles. The summed E-state index contributed by atoms with van der Waals surface area (Å²) >= 11 is 5.03. The van der Waals surface area contributed by atoms with Crippen molar-refractivity contribution >= 4 is 33.0 Å². The Morgan fingerprint density at radius 2 is 1.81 bits per heavy atom. The maximum absolute atomic E-state index is 13.7. The predicted molar refractivity (Wildman–Crippen MR) is 91.2 cm³/mol. The van der Waals surface area contributed by atoms with Crippen molar-refractivity contribution in [3.05, 3.63) is 75.1 Å². The van der Waals surface area contributed by atoms with Gasteiger partial charge in [-0.3, -0.25) is 0 Å². The van der Waals surface area contributed by atoms with Crippen LogP contribution in [0.25, 0.3) is 11.1 Å². The molecule has 1 N–H and O–H groups in total. The molecule has 1 aromatic heterocycles. The molecule has 4 heteroatoms. The fourth-order valence-electron chi connectivity index (χ4n) is 2.07. The average Bonchev–Trinajstić information content (AvgIpc) is 2.98. The molecule has 106 valence electrons. The van der Waals surface area contributed by atoms with E-state index < -0.39 is 0 Å². The largest absolute Gasteiger partial charge is 0.378 e. The summed E-state index contributed by atoms with van der Waals surface area (Å²) < 4.78 is 14.5. The number of halogens is 2. The van der Waals surface area contributed by atoms with Crippen molar-refractivity contribution in [3.8, 4) is 11.1 Å². The van der Waals surface area contributed by atoms with Crippen molar-refractivity contribution in [2.75, 3.05) is 5.32 Å². The summed E-state index contributed by atoms with van der Waals surface area (Å²) in [5, 5.41) is 5.27. The molecule has 0 radical (unpaired) electrons. The van der Waals surface area contributed by atoms with Crippen LogP contribution in [0, 0.1) is 5.82 Å². The Hall–Kier alpha value is -1.65. The number of hydrogen-bond acceptors (Lipinski definition) is 2. The van der Waals surface area contributed by atoms with E-state index in [2.05, 4.69) is 44.8 Å². The van der Waals surface area contributed by atoms with Crippen molar-refractivity contribution in [2.45, 2.75) is 6.54 Å². The molecule has 0 unspecified atom stereocenters. The highest BCUT2D eigenvalue weighted by atomic mass is 79.9. The number of hydrogen-bond donors (Lipinski definition) is 1. The number of anilines is 1. The Morgan fingerprint density at radius 1 is 1.00 bits per heavy atom. The summed E-state index contributed by atoms with van der Waals surface area (Å²) in [4.78, 5) is 1.17. The monoisotopic (exact) mass is 361 g/mol. The fourth-order valence-corrected chi connectivity index (χ4v) is 3.26. The molecule has 0 spiro atoms. The molecular formula is C17H13BrFNS. The first-order valence-electron chi connectivity index (χ1n) is 6.54. The van der Waals surface area contributed by atoms with Crippen LogP contribution in [0.4, 0.5) is 10.1 Å². The van der Waals surface area contributed by atoms with Crippen molar-refractivity contribution < 1.29 is 4.39 Å². The van der Waals surface area contributed by atoms with Gasteiger partial charge < -0.3 is 5.32 Å². The van der Waals surface area contributed by atoms with Gasteiger partial charge in [0.05, 0.1) is 5.69 Å². The van der Waals surface area contributed by atoms with Gasteiger partial charge in [0, 0.05) is 15.9 Å². The van der Waals surface area contributed by atoms with Crippen LogP contribution >= 0.6 is 27.3 Å². The van der Waals surface area contributed by atoms with Gasteiger partial charge >= 0.3 is 0 Å². The van der Waals surface area contributed by atoms with Crippen molar-refractivity contribution in [2.24, 2.45) is 0 Å². The Bertz CT molecular complexity index is 740. The molecule has 0 aliphatic carbocycles. The molecule has 21 heavy (non-hydrogen) atoms. The molecule has 2 aromatic carbocycles. The second-order valence-electron chi connectivity index (χ2n) is 4.65. The highest BCUT2D eigenvalue weighted by Gasteiger charge is 2.05. The summed E-state index contributed by atoms with van der Waals surface area (Å²) in [6, 6.07) is 17.3. The van der Waals surface area contributed by atoms with E-state index in [1.54, 1.807) is 23.5 Å². The number of rotatable bonds is 4. The molecule has 3 aromatic rings. The topological polar surface area (TPSA) is 12.0 Å². The molecule has 0 saturated heterocycles. The third-order valence-electron chi connectivity index (χ3n) is 3.14. The number of nitrogens with one attached hydrogen (secondary N) is 1. The summed E-state index contributed by atoms with van der Waals surface area (Å²) in [7, 11) is 0. The molecule has 0 amide bonds.